The Morgan fingerprint density at radius 3 is 2.53 bits per heavy atom. The number of aliphatic carboxylic acids is 1. The molecule has 4 heteroatoms. The summed E-state index contributed by atoms with van der Waals surface area (Å²) in [5.41, 5.74) is 0.896. The second-order valence-electron chi connectivity index (χ2n) is 3.51. The summed E-state index contributed by atoms with van der Waals surface area (Å²) in [6.45, 7) is 1.64. The minimum atomic E-state index is -0.840. The molecule has 0 bridgehead atoms. The van der Waals surface area contributed by atoms with E-state index in [4.69, 9.17) is 15.8 Å². The van der Waals surface area contributed by atoms with Gasteiger partial charge < -0.3 is 5.11 Å². The number of hydrogen-bond donors (Lipinski definition) is 2. The zero-order chi connectivity index (χ0) is 11.3. The van der Waals surface area contributed by atoms with Crippen LogP contribution < -0.4 is 5.90 Å². The van der Waals surface area contributed by atoms with Gasteiger partial charge in [0.05, 0.1) is 5.92 Å². The number of carbonyl (C=O) groups is 1. The van der Waals surface area contributed by atoms with E-state index in [0.717, 1.165) is 5.56 Å². The van der Waals surface area contributed by atoms with Gasteiger partial charge in [-0.3, -0.25) is 9.63 Å². The lowest BCUT2D eigenvalue weighted by molar-refractivity contribution is -0.142. The van der Waals surface area contributed by atoms with Gasteiger partial charge in [0.1, 0.15) is 6.10 Å². The van der Waals surface area contributed by atoms with Crippen molar-refractivity contribution in [3.05, 3.63) is 35.9 Å². The highest BCUT2D eigenvalue weighted by atomic mass is 16.6. The number of carboxylic acid groups (broad SMARTS) is 1. The van der Waals surface area contributed by atoms with Crippen molar-refractivity contribution in [2.24, 2.45) is 11.8 Å². The van der Waals surface area contributed by atoms with Crippen molar-refractivity contribution in [3.63, 3.8) is 0 Å². The molecule has 0 aliphatic carbocycles. The van der Waals surface area contributed by atoms with Crippen LogP contribution in [0.15, 0.2) is 30.3 Å². The SMILES string of the molecule is CC(CC(ON)c1ccccc1)C(=O)O. The summed E-state index contributed by atoms with van der Waals surface area (Å²) in [6, 6.07) is 9.36. The predicted molar refractivity (Wildman–Crippen MR) is 55.9 cm³/mol. The number of nitrogens with two attached hydrogens (primary N) is 1. The molecule has 0 radical (unpaired) electrons. The molecule has 0 aliphatic heterocycles. The average molecular weight is 209 g/mol. The third kappa shape index (κ3) is 3.34. The second kappa shape index (κ2) is 5.48. The van der Waals surface area contributed by atoms with Crippen molar-refractivity contribution in [3.8, 4) is 0 Å². The maximum absolute atomic E-state index is 10.7. The minimum Gasteiger partial charge on any atom is -0.481 e. The van der Waals surface area contributed by atoms with Gasteiger partial charge in [-0.1, -0.05) is 37.3 Å². The zero-order valence-corrected chi connectivity index (χ0v) is 8.59. The number of benzene rings is 1. The molecular formula is C11H15NO3. The van der Waals surface area contributed by atoms with E-state index in [-0.39, 0.29) is 6.10 Å². The normalized spacial score (nSPS) is 14.5. The highest BCUT2D eigenvalue weighted by molar-refractivity contribution is 5.69. The van der Waals surface area contributed by atoms with E-state index in [1.807, 2.05) is 30.3 Å². The molecule has 1 rings (SSSR count). The van der Waals surface area contributed by atoms with Crippen LogP contribution in [0.4, 0.5) is 0 Å². The fraction of sp³-hybridized carbons (Fsp3) is 0.364. The lowest BCUT2D eigenvalue weighted by Crippen LogP contribution is -2.17. The molecule has 2 atom stereocenters. The summed E-state index contributed by atoms with van der Waals surface area (Å²) in [6.07, 6.45) is 0.00727. The first-order valence-electron chi connectivity index (χ1n) is 4.78. The Bertz CT molecular complexity index is 313. The van der Waals surface area contributed by atoms with Gasteiger partial charge in [0.15, 0.2) is 0 Å². The predicted octanol–water partition coefficient (Wildman–Crippen LogP) is 1.73. The van der Waals surface area contributed by atoms with E-state index in [2.05, 4.69) is 0 Å². The van der Waals surface area contributed by atoms with Gasteiger partial charge in [0.2, 0.25) is 0 Å². The van der Waals surface area contributed by atoms with E-state index < -0.39 is 11.9 Å². The fourth-order valence-electron chi connectivity index (χ4n) is 1.36. The van der Waals surface area contributed by atoms with E-state index in [1.165, 1.54) is 0 Å². The Kier molecular flexibility index (Phi) is 4.27. The van der Waals surface area contributed by atoms with Crippen LogP contribution in [0.1, 0.15) is 25.0 Å². The van der Waals surface area contributed by atoms with Crippen LogP contribution in [0.3, 0.4) is 0 Å². The lowest BCUT2D eigenvalue weighted by atomic mass is 9.98. The quantitative estimate of drug-likeness (QED) is 0.724. The Hall–Kier alpha value is -1.39. The van der Waals surface area contributed by atoms with Crippen molar-refractivity contribution in [2.45, 2.75) is 19.4 Å². The fourth-order valence-corrected chi connectivity index (χ4v) is 1.36. The molecule has 0 saturated carbocycles. The van der Waals surface area contributed by atoms with Gasteiger partial charge in [-0.05, 0) is 12.0 Å². The van der Waals surface area contributed by atoms with Gasteiger partial charge >= 0.3 is 5.97 Å². The molecule has 0 saturated heterocycles. The first-order chi connectivity index (χ1) is 7.15. The lowest BCUT2D eigenvalue weighted by Gasteiger charge is -2.16. The Labute approximate surface area is 88.6 Å². The Morgan fingerprint density at radius 1 is 1.47 bits per heavy atom. The third-order valence-corrected chi connectivity index (χ3v) is 2.32. The summed E-state index contributed by atoms with van der Waals surface area (Å²) >= 11 is 0. The Balaban J connectivity index is 2.69. The van der Waals surface area contributed by atoms with Gasteiger partial charge in [0, 0.05) is 0 Å². The maximum atomic E-state index is 10.7. The van der Waals surface area contributed by atoms with E-state index in [0.29, 0.717) is 6.42 Å². The second-order valence-corrected chi connectivity index (χ2v) is 3.51. The van der Waals surface area contributed by atoms with Gasteiger partial charge in [-0.15, -0.1) is 0 Å². The minimum absolute atomic E-state index is 0.364. The summed E-state index contributed by atoms with van der Waals surface area (Å²) in [5.74, 6) is 3.85. The van der Waals surface area contributed by atoms with E-state index >= 15 is 0 Å². The van der Waals surface area contributed by atoms with Crippen LogP contribution in [0.5, 0.6) is 0 Å². The molecule has 0 heterocycles. The highest BCUT2D eigenvalue weighted by Gasteiger charge is 2.19. The maximum Gasteiger partial charge on any atom is 0.306 e. The molecule has 1 aromatic rings. The first-order valence-corrected chi connectivity index (χ1v) is 4.78. The molecule has 0 spiro atoms. The van der Waals surface area contributed by atoms with Crippen molar-refractivity contribution in [1.29, 1.82) is 0 Å². The van der Waals surface area contributed by atoms with Gasteiger partial charge in [-0.25, -0.2) is 5.90 Å². The van der Waals surface area contributed by atoms with Gasteiger partial charge in [-0.2, -0.15) is 0 Å². The molecular weight excluding hydrogens is 194 g/mol. The van der Waals surface area contributed by atoms with Gasteiger partial charge in [0.25, 0.3) is 0 Å². The molecule has 0 fully saturated rings. The van der Waals surface area contributed by atoms with Crippen LogP contribution in [0.25, 0.3) is 0 Å². The van der Waals surface area contributed by atoms with Crippen LogP contribution in [0.2, 0.25) is 0 Å². The van der Waals surface area contributed by atoms with Crippen LogP contribution in [-0.4, -0.2) is 11.1 Å². The molecule has 15 heavy (non-hydrogen) atoms. The van der Waals surface area contributed by atoms with Crippen molar-refractivity contribution >= 4 is 5.97 Å². The first kappa shape index (κ1) is 11.7. The molecule has 0 aromatic heterocycles. The zero-order valence-electron chi connectivity index (χ0n) is 8.59. The molecule has 4 nitrogen and oxygen atoms in total. The molecule has 2 unspecified atom stereocenters. The number of hydrogen-bond acceptors (Lipinski definition) is 3. The topological polar surface area (TPSA) is 72.5 Å². The van der Waals surface area contributed by atoms with E-state index in [1.54, 1.807) is 6.92 Å². The molecule has 0 amide bonds. The average Bonchev–Trinajstić information content (AvgIpc) is 2.26. The van der Waals surface area contributed by atoms with Crippen LogP contribution >= 0.6 is 0 Å². The molecule has 1 aromatic carbocycles. The molecule has 82 valence electrons. The molecule has 0 aliphatic rings. The van der Waals surface area contributed by atoms with Crippen LogP contribution in [0, 0.1) is 5.92 Å². The van der Waals surface area contributed by atoms with Crippen molar-refractivity contribution in [2.75, 3.05) is 0 Å². The Morgan fingerprint density at radius 2 is 2.07 bits per heavy atom. The largest absolute Gasteiger partial charge is 0.481 e. The van der Waals surface area contributed by atoms with Crippen molar-refractivity contribution < 1.29 is 14.7 Å². The summed E-state index contributed by atoms with van der Waals surface area (Å²) < 4.78 is 0. The van der Waals surface area contributed by atoms with E-state index in [9.17, 15) is 4.79 Å². The smallest absolute Gasteiger partial charge is 0.306 e. The number of rotatable bonds is 5. The number of carboxylic acids is 1. The third-order valence-electron chi connectivity index (χ3n) is 2.32. The van der Waals surface area contributed by atoms with Crippen molar-refractivity contribution in [1.82, 2.24) is 0 Å². The highest BCUT2D eigenvalue weighted by Crippen LogP contribution is 2.23. The molecule has 3 N–H and O–H groups in total. The summed E-state index contributed by atoms with van der Waals surface area (Å²) in [7, 11) is 0. The summed E-state index contributed by atoms with van der Waals surface area (Å²) in [5, 5.41) is 8.78. The standard InChI is InChI=1S/C11H15NO3/c1-8(11(13)14)7-10(15-12)9-5-3-2-4-6-9/h2-6,8,10H,7,12H2,1H3,(H,13,14). The van der Waals surface area contributed by atoms with Crippen LogP contribution in [-0.2, 0) is 9.63 Å². The summed E-state index contributed by atoms with van der Waals surface area (Å²) in [4.78, 5) is 15.5. The monoisotopic (exact) mass is 209 g/mol.